The summed E-state index contributed by atoms with van der Waals surface area (Å²) in [5, 5.41) is 0. The van der Waals surface area contributed by atoms with Gasteiger partial charge < -0.3 is 14.5 Å². The van der Waals surface area contributed by atoms with Crippen molar-refractivity contribution in [3.05, 3.63) is 59.7 Å². The normalized spacial score (nSPS) is 18.2. The number of carbonyl (C=O) groups is 2. The van der Waals surface area contributed by atoms with E-state index in [2.05, 4.69) is 4.90 Å². The number of carbonyl (C=O) groups excluding carboxylic acids is 2. The molecule has 6 nitrogen and oxygen atoms in total. The summed E-state index contributed by atoms with van der Waals surface area (Å²) in [6.07, 6.45) is 10.4. The standard InChI is InChI=1S/C31H43N3O3/c1-26(35)34-21-12-5-3-2-4-11-20-33(25-28-14-7-8-17-30(28)34)31(36)27-15-13-16-29(24-27)37-23-22-32-18-9-6-10-19-32/h7-8,13-17,24H,2-6,9-12,18-23,25H2,1H3. The summed E-state index contributed by atoms with van der Waals surface area (Å²) in [5.74, 6) is 0.812. The van der Waals surface area contributed by atoms with Gasteiger partial charge in [-0.3, -0.25) is 14.5 Å². The fraction of sp³-hybridized carbons (Fsp3) is 0.548. The molecule has 0 spiro atoms. The summed E-state index contributed by atoms with van der Waals surface area (Å²) in [6, 6.07) is 15.6. The maximum absolute atomic E-state index is 13.8. The van der Waals surface area contributed by atoms with Crippen molar-refractivity contribution in [1.82, 2.24) is 9.80 Å². The van der Waals surface area contributed by atoms with E-state index in [1.165, 1.54) is 19.3 Å². The Morgan fingerprint density at radius 1 is 0.784 bits per heavy atom. The first-order valence-electron chi connectivity index (χ1n) is 14.2. The SMILES string of the molecule is CC(=O)N1CCCCCCCCN(C(=O)c2cccc(OCCN3CCCCC3)c2)Cc2ccccc21. The first-order chi connectivity index (χ1) is 18.1. The van der Waals surface area contributed by atoms with Crippen molar-refractivity contribution in [3.63, 3.8) is 0 Å². The molecule has 1 saturated heterocycles. The largest absolute Gasteiger partial charge is 0.492 e. The number of nitrogens with zero attached hydrogens (tertiary/aromatic N) is 3. The van der Waals surface area contributed by atoms with Crippen LogP contribution in [0.1, 0.15) is 80.6 Å². The third-order valence-electron chi connectivity index (χ3n) is 7.58. The van der Waals surface area contributed by atoms with Crippen LogP contribution in [0.2, 0.25) is 0 Å². The third-order valence-corrected chi connectivity index (χ3v) is 7.58. The van der Waals surface area contributed by atoms with Gasteiger partial charge in [0.1, 0.15) is 12.4 Å². The summed E-state index contributed by atoms with van der Waals surface area (Å²) >= 11 is 0. The molecule has 0 N–H and O–H groups in total. The number of rotatable bonds is 5. The van der Waals surface area contributed by atoms with Crippen molar-refractivity contribution in [3.8, 4) is 5.75 Å². The minimum absolute atomic E-state index is 0.0144. The van der Waals surface area contributed by atoms with Crippen molar-refractivity contribution in [2.24, 2.45) is 0 Å². The predicted molar refractivity (Wildman–Crippen MR) is 149 cm³/mol. The van der Waals surface area contributed by atoms with E-state index in [0.29, 0.717) is 25.3 Å². The molecule has 2 heterocycles. The third kappa shape index (κ3) is 8.06. The molecule has 37 heavy (non-hydrogen) atoms. The number of anilines is 1. The molecule has 0 bridgehead atoms. The van der Waals surface area contributed by atoms with Gasteiger partial charge in [0.05, 0.1) is 0 Å². The van der Waals surface area contributed by atoms with Crippen LogP contribution in [0.25, 0.3) is 0 Å². The molecule has 0 unspecified atom stereocenters. The molecular formula is C31H43N3O3. The van der Waals surface area contributed by atoms with Crippen LogP contribution >= 0.6 is 0 Å². The van der Waals surface area contributed by atoms with Crippen molar-refractivity contribution in [2.45, 2.75) is 71.3 Å². The minimum Gasteiger partial charge on any atom is -0.492 e. The number of piperidine rings is 1. The van der Waals surface area contributed by atoms with Gasteiger partial charge in [-0.2, -0.15) is 0 Å². The summed E-state index contributed by atoms with van der Waals surface area (Å²) < 4.78 is 6.05. The first-order valence-corrected chi connectivity index (χ1v) is 14.2. The maximum Gasteiger partial charge on any atom is 0.254 e. The Bertz CT molecular complexity index is 1020. The van der Waals surface area contributed by atoms with Crippen molar-refractivity contribution in [2.75, 3.05) is 44.2 Å². The lowest BCUT2D eigenvalue weighted by Crippen LogP contribution is -2.34. The molecule has 2 aliphatic heterocycles. The fourth-order valence-corrected chi connectivity index (χ4v) is 5.47. The molecule has 2 aromatic rings. The van der Waals surface area contributed by atoms with Crippen LogP contribution in [-0.2, 0) is 11.3 Å². The second-order valence-electron chi connectivity index (χ2n) is 10.4. The minimum atomic E-state index is 0.0144. The smallest absolute Gasteiger partial charge is 0.254 e. The van der Waals surface area contributed by atoms with Crippen LogP contribution in [0.4, 0.5) is 5.69 Å². The van der Waals surface area contributed by atoms with Gasteiger partial charge in [0.15, 0.2) is 0 Å². The van der Waals surface area contributed by atoms with E-state index in [0.717, 1.165) is 81.7 Å². The van der Waals surface area contributed by atoms with Crippen LogP contribution in [0.3, 0.4) is 0 Å². The van der Waals surface area contributed by atoms with E-state index >= 15 is 0 Å². The number of hydrogen-bond acceptors (Lipinski definition) is 4. The number of amides is 2. The Kier molecular flexibility index (Phi) is 10.4. The Morgan fingerprint density at radius 2 is 1.46 bits per heavy atom. The van der Waals surface area contributed by atoms with E-state index in [9.17, 15) is 9.59 Å². The molecule has 2 amide bonds. The van der Waals surface area contributed by atoms with E-state index in [1.807, 2.05) is 58.3 Å². The number of para-hydroxylation sites is 1. The van der Waals surface area contributed by atoms with Gasteiger partial charge in [0, 0.05) is 44.4 Å². The van der Waals surface area contributed by atoms with Gasteiger partial charge in [-0.25, -0.2) is 0 Å². The Labute approximate surface area is 222 Å². The predicted octanol–water partition coefficient (Wildman–Crippen LogP) is 5.90. The molecule has 0 radical (unpaired) electrons. The lowest BCUT2D eigenvalue weighted by Gasteiger charge is -2.28. The van der Waals surface area contributed by atoms with Gasteiger partial charge >= 0.3 is 0 Å². The second kappa shape index (κ2) is 14.2. The Balaban J connectivity index is 1.49. The van der Waals surface area contributed by atoms with Crippen molar-refractivity contribution < 1.29 is 14.3 Å². The quantitative estimate of drug-likeness (QED) is 0.508. The molecule has 1 fully saturated rings. The summed E-state index contributed by atoms with van der Waals surface area (Å²) in [4.78, 5) is 32.6. The zero-order valence-electron chi connectivity index (χ0n) is 22.5. The average molecular weight is 506 g/mol. The maximum atomic E-state index is 13.8. The topological polar surface area (TPSA) is 53.1 Å². The number of hydrogen-bond donors (Lipinski definition) is 0. The highest BCUT2D eigenvalue weighted by Crippen LogP contribution is 2.25. The second-order valence-corrected chi connectivity index (χ2v) is 10.4. The van der Waals surface area contributed by atoms with E-state index in [4.69, 9.17) is 4.74 Å². The number of likely N-dealkylation sites (tertiary alicyclic amines) is 1. The number of benzene rings is 2. The highest BCUT2D eigenvalue weighted by atomic mass is 16.5. The van der Waals surface area contributed by atoms with Crippen LogP contribution in [0, 0.1) is 0 Å². The molecule has 2 aromatic carbocycles. The van der Waals surface area contributed by atoms with E-state index in [-0.39, 0.29) is 11.8 Å². The van der Waals surface area contributed by atoms with Crippen molar-refractivity contribution in [1.29, 1.82) is 0 Å². The first kappa shape index (κ1) is 27.2. The molecule has 6 heteroatoms. The molecule has 0 atom stereocenters. The van der Waals surface area contributed by atoms with Crippen LogP contribution in [0.15, 0.2) is 48.5 Å². The fourth-order valence-electron chi connectivity index (χ4n) is 5.47. The lowest BCUT2D eigenvalue weighted by molar-refractivity contribution is -0.116. The molecule has 0 saturated carbocycles. The van der Waals surface area contributed by atoms with Crippen molar-refractivity contribution >= 4 is 17.5 Å². The molecule has 2 aliphatic rings. The Hall–Kier alpha value is -2.86. The van der Waals surface area contributed by atoms with Crippen LogP contribution in [0.5, 0.6) is 5.75 Å². The highest BCUT2D eigenvalue weighted by molar-refractivity contribution is 5.95. The van der Waals surface area contributed by atoms with E-state index < -0.39 is 0 Å². The van der Waals surface area contributed by atoms with Gasteiger partial charge in [0.25, 0.3) is 5.91 Å². The number of ether oxygens (including phenoxy) is 1. The molecule has 0 aliphatic carbocycles. The van der Waals surface area contributed by atoms with Gasteiger partial charge in [0.2, 0.25) is 5.91 Å². The van der Waals surface area contributed by atoms with Gasteiger partial charge in [-0.15, -0.1) is 0 Å². The lowest BCUT2D eigenvalue weighted by atomic mass is 10.1. The van der Waals surface area contributed by atoms with Gasteiger partial charge in [-0.1, -0.05) is 56.4 Å². The van der Waals surface area contributed by atoms with Gasteiger partial charge in [-0.05, 0) is 68.6 Å². The van der Waals surface area contributed by atoms with Crippen LogP contribution < -0.4 is 9.64 Å². The average Bonchev–Trinajstić information content (AvgIpc) is 2.93. The Morgan fingerprint density at radius 3 is 2.24 bits per heavy atom. The highest BCUT2D eigenvalue weighted by Gasteiger charge is 2.21. The molecule has 200 valence electrons. The van der Waals surface area contributed by atoms with E-state index in [1.54, 1.807) is 6.92 Å². The molecule has 4 rings (SSSR count). The van der Waals surface area contributed by atoms with Crippen LogP contribution in [-0.4, -0.2) is 60.9 Å². The summed E-state index contributed by atoms with van der Waals surface area (Å²) in [6.45, 7) is 7.40. The molecular weight excluding hydrogens is 462 g/mol. The zero-order chi connectivity index (χ0) is 25.9. The summed E-state index contributed by atoms with van der Waals surface area (Å²) in [5.41, 5.74) is 2.58. The monoisotopic (exact) mass is 505 g/mol. The zero-order valence-corrected chi connectivity index (χ0v) is 22.5. The number of fused-ring (bicyclic) bond motifs is 1. The molecule has 0 aromatic heterocycles. The summed E-state index contributed by atoms with van der Waals surface area (Å²) in [7, 11) is 0.